The molecule has 1 aromatic heterocycles. The highest BCUT2D eigenvalue weighted by Gasteiger charge is 2.27. The van der Waals surface area contributed by atoms with Crippen LogP contribution >= 0.6 is 0 Å². The van der Waals surface area contributed by atoms with E-state index in [1.807, 2.05) is 4.90 Å². The summed E-state index contributed by atoms with van der Waals surface area (Å²) in [6.45, 7) is 4.98. The van der Waals surface area contributed by atoms with Crippen molar-refractivity contribution in [2.24, 2.45) is 0 Å². The number of ether oxygens (including phenoxy) is 1. The second-order valence-corrected chi connectivity index (χ2v) is 4.23. The van der Waals surface area contributed by atoms with Crippen molar-refractivity contribution in [1.82, 2.24) is 14.9 Å². The Hall–Kier alpha value is -1.91. The number of rotatable bonds is 5. The predicted molar refractivity (Wildman–Crippen MR) is 67.1 cm³/mol. The topological polar surface area (TPSA) is 55.3 Å². The van der Waals surface area contributed by atoms with Gasteiger partial charge in [0.15, 0.2) is 0 Å². The molecule has 0 bridgehead atoms. The first-order valence-corrected chi connectivity index (χ1v) is 6.12. The third kappa shape index (κ3) is 3.29. The Kier molecular flexibility index (Phi) is 4.28. The summed E-state index contributed by atoms with van der Waals surface area (Å²) >= 11 is 0. The van der Waals surface area contributed by atoms with Crippen LogP contribution in [0.5, 0.6) is 6.01 Å². The number of amides is 1. The van der Waals surface area contributed by atoms with Gasteiger partial charge in [0, 0.05) is 31.8 Å². The molecule has 1 aromatic rings. The van der Waals surface area contributed by atoms with E-state index in [-0.39, 0.29) is 12.0 Å². The standard InChI is InChI=1S/C13H17N3O2/c1-2-3-5-12(17)16-9-6-11(10-16)18-13-14-7-4-8-15-13/h2,4,7-8,11H,1,3,5-6,9-10H2/t11-/m1/s1. The molecule has 1 aliphatic heterocycles. The van der Waals surface area contributed by atoms with Crippen LogP contribution in [0, 0.1) is 0 Å². The van der Waals surface area contributed by atoms with Crippen molar-refractivity contribution >= 4 is 5.91 Å². The van der Waals surface area contributed by atoms with Crippen molar-refractivity contribution in [3.05, 3.63) is 31.1 Å². The Bertz CT molecular complexity index is 408. The molecule has 0 spiro atoms. The van der Waals surface area contributed by atoms with Gasteiger partial charge in [0.25, 0.3) is 0 Å². The Morgan fingerprint density at radius 2 is 2.33 bits per heavy atom. The molecule has 0 unspecified atom stereocenters. The SMILES string of the molecule is C=CCCC(=O)N1CC[C@@H](Oc2ncccn2)C1. The predicted octanol–water partition coefficient (Wildman–Crippen LogP) is 1.42. The van der Waals surface area contributed by atoms with Crippen LogP contribution in [0.15, 0.2) is 31.1 Å². The van der Waals surface area contributed by atoms with Crippen LogP contribution < -0.4 is 4.74 Å². The van der Waals surface area contributed by atoms with Crippen LogP contribution in [0.4, 0.5) is 0 Å². The van der Waals surface area contributed by atoms with Gasteiger partial charge in [0.2, 0.25) is 5.91 Å². The lowest BCUT2D eigenvalue weighted by atomic mass is 10.3. The van der Waals surface area contributed by atoms with Crippen LogP contribution in [0.25, 0.3) is 0 Å². The summed E-state index contributed by atoms with van der Waals surface area (Å²) in [6, 6.07) is 2.12. The van der Waals surface area contributed by atoms with Crippen molar-refractivity contribution < 1.29 is 9.53 Å². The Labute approximate surface area is 106 Å². The molecule has 0 N–H and O–H groups in total. The largest absolute Gasteiger partial charge is 0.458 e. The number of likely N-dealkylation sites (tertiary alicyclic amines) is 1. The highest BCUT2D eigenvalue weighted by Crippen LogP contribution is 2.15. The molecule has 5 nitrogen and oxygen atoms in total. The summed E-state index contributed by atoms with van der Waals surface area (Å²) in [5.74, 6) is 0.162. The smallest absolute Gasteiger partial charge is 0.316 e. The van der Waals surface area contributed by atoms with Crippen molar-refractivity contribution in [3.63, 3.8) is 0 Å². The van der Waals surface area contributed by atoms with E-state index in [0.29, 0.717) is 19.0 Å². The summed E-state index contributed by atoms with van der Waals surface area (Å²) in [4.78, 5) is 21.6. The molecule has 1 atom stereocenters. The van der Waals surface area contributed by atoms with Gasteiger partial charge < -0.3 is 9.64 Å². The molecule has 1 amide bonds. The average Bonchev–Trinajstić information content (AvgIpc) is 2.86. The maximum atomic E-state index is 11.8. The molecule has 0 radical (unpaired) electrons. The molecule has 18 heavy (non-hydrogen) atoms. The van der Waals surface area contributed by atoms with Crippen LogP contribution in [0.1, 0.15) is 19.3 Å². The molecule has 2 rings (SSSR count). The molecule has 2 heterocycles. The molecule has 1 saturated heterocycles. The average molecular weight is 247 g/mol. The molecule has 0 aromatic carbocycles. The second kappa shape index (κ2) is 6.14. The van der Waals surface area contributed by atoms with Crippen LogP contribution in [-0.4, -0.2) is 40.0 Å². The van der Waals surface area contributed by atoms with Gasteiger partial charge in [-0.05, 0) is 12.5 Å². The molecular weight excluding hydrogens is 230 g/mol. The monoisotopic (exact) mass is 247 g/mol. The van der Waals surface area contributed by atoms with Gasteiger partial charge in [-0.25, -0.2) is 9.97 Å². The van der Waals surface area contributed by atoms with Gasteiger partial charge in [-0.1, -0.05) is 6.08 Å². The summed E-state index contributed by atoms with van der Waals surface area (Å²) in [5.41, 5.74) is 0. The minimum absolute atomic E-state index is 0.0000751. The first-order valence-electron chi connectivity index (χ1n) is 6.12. The van der Waals surface area contributed by atoms with Crippen LogP contribution in [0.2, 0.25) is 0 Å². The molecule has 5 heteroatoms. The van der Waals surface area contributed by atoms with Crippen molar-refractivity contribution in [3.8, 4) is 6.01 Å². The fraction of sp³-hybridized carbons (Fsp3) is 0.462. The van der Waals surface area contributed by atoms with Gasteiger partial charge in [0.1, 0.15) is 6.10 Å². The van der Waals surface area contributed by atoms with Crippen molar-refractivity contribution in [2.45, 2.75) is 25.4 Å². The van der Waals surface area contributed by atoms with E-state index in [1.165, 1.54) is 0 Å². The minimum atomic E-state index is 0.0000751. The molecule has 96 valence electrons. The molecule has 1 fully saturated rings. The Balaban J connectivity index is 1.81. The van der Waals surface area contributed by atoms with Gasteiger partial charge in [0.05, 0.1) is 6.54 Å². The Morgan fingerprint density at radius 1 is 1.56 bits per heavy atom. The maximum absolute atomic E-state index is 11.8. The van der Waals surface area contributed by atoms with E-state index in [9.17, 15) is 4.79 Å². The second-order valence-electron chi connectivity index (χ2n) is 4.23. The summed E-state index contributed by atoms with van der Waals surface area (Å²) in [6.07, 6.45) is 7.13. The number of hydrogen-bond donors (Lipinski definition) is 0. The van der Waals surface area contributed by atoms with Crippen LogP contribution in [-0.2, 0) is 4.79 Å². The van der Waals surface area contributed by atoms with E-state index >= 15 is 0 Å². The van der Waals surface area contributed by atoms with Gasteiger partial charge >= 0.3 is 6.01 Å². The van der Waals surface area contributed by atoms with E-state index < -0.39 is 0 Å². The first-order chi connectivity index (χ1) is 8.79. The van der Waals surface area contributed by atoms with Gasteiger partial charge in [-0.15, -0.1) is 6.58 Å². The van der Waals surface area contributed by atoms with Gasteiger partial charge in [-0.2, -0.15) is 0 Å². The highest BCUT2D eigenvalue weighted by atomic mass is 16.5. The number of carbonyl (C=O) groups excluding carboxylic acids is 1. The summed E-state index contributed by atoms with van der Waals surface area (Å²) < 4.78 is 5.62. The first kappa shape index (κ1) is 12.5. The Morgan fingerprint density at radius 3 is 3.06 bits per heavy atom. The van der Waals surface area contributed by atoms with Crippen molar-refractivity contribution in [2.75, 3.05) is 13.1 Å². The molecular formula is C13H17N3O2. The fourth-order valence-corrected chi connectivity index (χ4v) is 1.93. The minimum Gasteiger partial charge on any atom is -0.458 e. The zero-order valence-electron chi connectivity index (χ0n) is 10.3. The lowest BCUT2D eigenvalue weighted by Gasteiger charge is -2.16. The van der Waals surface area contributed by atoms with E-state index in [1.54, 1.807) is 24.5 Å². The van der Waals surface area contributed by atoms with Gasteiger partial charge in [-0.3, -0.25) is 4.79 Å². The zero-order valence-corrected chi connectivity index (χ0v) is 10.3. The lowest BCUT2D eigenvalue weighted by molar-refractivity contribution is -0.130. The number of carbonyl (C=O) groups is 1. The van der Waals surface area contributed by atoms with Crippen LogP contribution in [0.3, 0.4) is 0 Å². The quantitative estimate of drug-likeness (QED) is 0.738. The zero-order chi connectivity index (χ0) is 12.8. The van der Waals surface area contributed by atoms with Crippen molar-refractivity contribution in [1.29, 1.82) is 0 Å². The highest BCUT2D eigenvalue weighted by molar-refractivity contribution is 5.76. The number of aromatic nitrogens is 2. The number of allylic oxidation sites excluding steroid dienone is 1. The summed E-state index contributed by atoms with van der Waals surface area (Å²) in [5, 5.41) is 0. The maximum Gasteiger partial charge on any atom is 0.316 e. The van der Waals surface area contributed by atoms with E-state index in [2.05, 4.69) is 16.5 Å². The lowest BCUT2D eigenvalue weighted by Crippen LogP contribution is -2.30. The summed E-state index contributed by atoms with van der Waals surface area (Å²) in [7, 11) is 0. The molecule has 0 saturated carbocycles. The third-order valence-electron chi connectivity index (χ3n) is 2.87. The molecule has 1 aliphatic rings. The van der Waals surface area contributed by atoms with E-state index in [0.717, 1.165) is 19.4 Å². The van der Waals surface area contributed by atoms with E-state index in [4.69, 9.17) is 4.74 Å². The molecule has 0 aliphatic carbocycles. The number of hydrogen-bond acceptors (Lipinski definition) is 4. The number of nitrogens with zero attached hydrogens (tertiary/aromatic N) is 3. The third-order valence-corrected chi connectivity index (χ3v) is 2.87. The fourth-order valence-electron chi connectivity index (χ4n) is 1.93. The normalized spacial score (nSPS) is 18.7.